The summed E-state index contributed by atoms with van der Waals surface area (Å²) in [6.07, 6.45) is 89.7. The van der Waals surface area contributed by atoms with E-state index in [1.165, 1.54) is 238 Å². The highest BCUT2D eigenvalue weighted by molar-refractivity contribution is 5.71. The molecule has 0 aliphatic rings. The maximum absolute atomic E-state index is 12.9. The molecule has 0 amide bonds. The number of esters is 3. The van der Waals surface area contributed by atoms with Gasteiger partial charge in [-0.05, 0) is 89.9 Å². The molecule has 1 atom stereocenters. The monoisotopic (exact) mass is 1130 g/mol. The molecule has 0 saturated heterocycles. The van der Waals surface area contributed by atoms with Crippen molar-refractivity contribution in [2.24, 2.45) is 0 Å². The second-order valence-electron chi connectivity index (χ2n) is 24.1. The van der Waals surface area contributed by atoms with E-state index in [4.69, 9.17) is 14.2 Å². The molecular weight excluding hydrogens is 997 g/mol. The molecule has 0 aromatic heterocycles. The largest absolute Gasteiger partial charge is 0.462 e. The number of unbranched alkanes of at least 4 members (excludes halogenated alkanes) is 45. The van der Waals surface area contributed by atoms with Gasteiger partial charge in [0.05, 0.1) is 0 Å². The smallest absolute Gasteiger partial charge is 0.306 e. The van der Waals surface area contributed by atoms with Gasteiger partial charge in [-0.1, -0.05) is 332 Å². The molecule has 472 valence electrons. The lowest BCUT2D eigenvalue weighted by molar-refractivity contribution is -0.167. The molecule has 0 spiro atoms. The SMILES string of the molecule is CCCCC/C=C\C/C=C\CCCCCCCC(=O)OCC(COC(=O)CCCCCCCCCCCCCCCCCCCCCCCCCCCCC)OC(=O)CCCCCCCC/C=C\C/C=C\C/C=C\CCCCCCC. The zero-order valence-corrected chi connectivity index (χ0v) is 54.3. The lowest BCUT2D eigenvalue weighted by Crippen LogP contribution is -2.30. The molecule has 0 heterocycles. The molecule has 0 aromatic rings. The maximum atomic E-state index is 12.9. The van der Waals surface area contributed by atoms with E-state index < -0.39 is 6.10 Å². The number of rotatable bonds is 66. The minimum absolute atomic E-state index is 0.0809. The average molecular weight is 1130 g/mol. The van der Waals surface area contributed by atoms with Crippen molar-refractivity contribution in [3.05, 3.63) is 60.8 Å². The third-order valence-corrected chi connectivity index (χ3v) is 16.0. The Kier molecular flexibility index (Phi) is 67.1. The number of carbonyl (C=O) groups excluding carboxylic acids is 3. The molecule has 0 radical (unpaired) electrons. The van der Waals surface area contributed by atoms with E-state index in [9.17, 15) is 14.4 Å². The van der Waals surface area contributed by atoms with E-state index in [0.717, 1.165) is 103 Å². The van der Waals surface area contributed by atoms with Gasteiger partial charge in [-0.25, -0.2) is 0 Å². The molecule has 0 aliphatic heterocycles. The van der Waals surface area contributed by atoms with Gasteiger partial charge in [0.25, 0.3) is 0 Å². The first-order valence-corrected chi connectivity index (χ1v) is 35.8. The summed E-state index contributed by atoms with van der Waals surface area (Å²) in [7, 11) is 0. The first kappa shape index (κ1) is 78.1. The predicted molar refractivity (Wildman–Crippen MR) is 353 cm³/mol. The number of carbonyl (C=O) groups is 3. The predicted octanol–water partition coefficient (Wildman–Crippen LogP) is 24.7. The molecule has 1 unspecified atom stereocenters. The third-order valence-electron chi connectivity index (χ3n) is 16.0. The van der Waals surface area contributed by atoms with Crippen molar-refractivity contribution in [3.63, 3.8) is 0 Å². The summed E-state index contributed by atoms with van der Waals surface area (Å²) in [5, 5.41) is 0. The maximum Gasteiger partial charge on any atom is 0.306 e. The fourth-order valence-electron chi connectivity index (χ4n) is 10.6. The van der Waals surface area contributed by atoms with Crippen LogP contribution in [0.25, 0.3) is 0 Å². The lowest BCUT2D eigenvalue weighted by atomic mass is 10.0. The van der Waals surface area contributed by atoms with Crippen molar-refractivity contribution in [3.8, 4) is 0 Å². The van der Waals surface area contributed by atoms with Gasteiger partial charge in [-0.3, -0.25) is 14.4 Å². The summed E-state index contributed by atoms with van der Waals surface area (Å²) in [5.41, 5.74) is 0. The van der Waals surface area contributed by atoms with Crippen LogP contribution < -0.4 is 0 Å². The van der Waals surface area contributed by atoms with Gasteiger partial charge in [-0.15, -0.1) is 0 Å². The highest BCUT2D eigenvalue weighted by atomic mass is 16.6. The Morgan fingerprint density at radius 1 is 0.247 bits per heavy atom. The van der Waals surface area contributed by atoms with Crippen molar-refractivity contribution in [1.82, 2.24) is 0 Å². The summed E-state index contributed by atoms with van der Waals surface area (Å²) in [6.45, 7) is 6.64. The van der Waals surface area contributed by atoms with Gasteiger partial charge in [0.2, 0.25) is 0 Å². The standard InChI is InChI=1S/C75H136O6/c1-4-7-10-13-16-19-22-25-28-30-32-34-35-36-37-38-39-41-42-44-47-50-53-56-59-62-65-68-74(77)80-71-72(70-79-73(76)67-64-61-58-55-52-49-46-27-24-21-18-15-12-9-6-3)81-75(78)69-66-63-60-57-54-51-48-45-43-40-33-31-29-26-23-20-17-14-11-8-5-2/h18,21,23,26-27,31,33,43,45-46,72H,4-17,19-20,22,24-25,28-30,32,34-42,44,47-71H2,1-3H3/b21-18-,26-23-,33-31-,45-43-,46-27-. The second kappa shape index (κ2) is 69.6. The Balaban J connectivity index is 4.29. The fourth-order valence-corrected chi connectivity index (χ4v) is 10.6. The van der Waals surface area contributed by atoms with Gasteiger partial charge in [0.15, 0.2) is 6.10 Å². The normalized spacial score (nSPS) is 12.4. The molecule has 6 nitrogen and oxygen atoms in total. The van der Waals surface area contributed by atoms with Crippen LogP contribution in [0.4, 0.5) is 0 Å². The average Bonchev–Trinajstić information content (AvgIpc) is 3.47. The van der Waals surface area contributed by atoms with E-state index in [1.807, 2.05) is 0 Å². The summed E-state index contributed by atoms with van der Waals surface area (Å²) in [5.74, 6) is -0.885. The Bertz CT molecular complexity index is 1440. The zero-order valence-electron chi connectivity index (χ0n) is 54.3. The molecule has 0 saturated carbocycles. The highest BCUT2D eigenvalue weighted by Gasteiger charge is 2.19. The number of ether oxygens (including phenoxy) is 3. The van der Waals surface area contributed by atoms with E-state index in [2.05, 4.69) is 81.5 Å². The second-order valence-corrected chi connectivity index (χ2v) is 24.1. The molecule has 0 aliphatic carbocycles. The van der Waals surface area contributed by atoms with Crippen molar-refractivity contribution in [2.45, 2.75) is 386 Å². The lowest BCUT2D eigenvalue weighted by Gasteiger charge is -2.18. The highest BCUT2D eigenvalue weighted by Crippen LogP contribution is 2.18. The van der Waals surface area contributed by atoms with Gasteiger partial charge in [0.1, 0.15) is 13.2 Å². The summed E-state index contributed by atoms with van der Waals surface area (Å²) >= 11 is 0. The van der Waals surface area contributed by atoms with E-state index >= 15 is 0 Å². The topological polar surface area (TPSA) is 78.9 Å². The summed E-state index contributed by atoms with van der Waals surface area (Å²) < 4.78 is 17.0. The van der Waals surface area contributed by atoms with Crippen LogP contribution in [0.3, 0.4) is 0 Å². The van der Waals surface area contributed by atoms with Crippen LogP contribution in [0, 0.1) is 0 Å². The Morgan fingerprint density at radius 2 is 0.444 bits per heavy atom. The molecule has 6 heteroatoms. The molecule has 0 bridgehead atoms. The van der Waals surface area contributed by atoms with E-state index in [0.29, 0.717) is 19.3 Å². The Hall–Kier alpha value is -2.89. The molecule has 81 heavy (non-hydrogen) atoms. The van der Waals surface area contributed by atoms with Crippen molar-refractivity contribution in [1.29, 1.82) is 0 Å². The Morgan fingerprint density at radius 3 is 0.716 bits per heavy atom. The van der Waals surface area contributed by atoms with Crippen LogP contribution in [-0.4, -0.2) is 37.2 Å². The van der Waals surface area contributed by atoms with Crippen molar-refractivity contribution >= 4 is 17.9 Å². The fraction of sp³-hybridized carbons (Fsp3) is 0.827. The van der Waals surface area contributed by atoms with Crippen LogP contribution in [0.1, 0.15) is 380 Å². The quantitative estimate of drug-likeness (QED) is 0.0261. The van der Waals surface area contributed by atoms with Crippen LogP contribution in [0.2, 0.25) is 0 Å². The first-order valence-electron chi connectivity index (χ1n) is 35.8. The molecule has 0 N–H and O–H groups in total. The molecular formula is C75H136O6. The van der Waals surface area contributed by atoms with Crippen LogP contribution in [-0.2, 0) is 28.6 Å². The number of hydrogen-bond donors (Lipinski definition) is 0. The zero-order chi connectivity index (χ0) is 58.5. The minimum Gasteiger partial charge on any atom is -0.462 e. The number of hydrogen-bond acceptors (Lipinski definition) is 6. The van der Waals surface area contributed by atoms with Gasteiger partial charge in [0, 0.05) is 19.3 Å². The molecule has 0 aromatic carbocycles. The van der Waals surface area contributed by atoms with Gasteiger partial charge >= 0.3 is 17.9 Å². The van der Waals surface area contributed by atoms with Crippen LogP contribution in [0.5, 0.6) is 0 Å². The van der Waals surface area contributed by atoms with E-state index in [-0.39, 0.29) is 31.1 Å². The summed E-state index contributed by atoms with van der Waals surface area (Å²) in [4.78, 5) is 38.4. The van der Waals surface area contributed by atoms with Gasteiger partial charge in [-0.2, -0.15) is 0 Å². The van der Waals surface area contributed by atoms with Crippen LogP contribution >= 0.6 is 0 Å². The summed E-state index contributed by atoms with van der Waals surface area (Å²) in [6, 6.07) is 0. The Labute approximate surface area is 504 Å². The van der Waals surface area contributed by atoms with Crippen LogP contribution in [0.15, 0.2) is 60.8 Å². The molecule has 0 rings (SSSR count). The van der Waals surface area contributed by atoms with Gasteiger partial charge < -0.3 is 14.2 Å². The van der Waals surface area contributed by atoms with Crippen molar-refractivity contribution < 1.29 is 28.6 Å². The van der Waals surface area contributed by atoms with Crippen molar-refractivity contribution in [2.75, 3.05) is 13.2 Å². The van der Waals surface area contributed by atoms with E-state index in [1.54, 1.807) is 0 Å². The first-order chi connectivity index (χ1) is 40.0. The minimum atomic E-state index is -0.788. The molecule has 0 fully saturated rings. The third kappa shape index (κ3) is 67.8. The number of allylic oxidation sites excluding steroid dienone is 10.